The summed E-state index contributed by atoms with van der Waals surface area (Å²) in [6.07, 6.45) is 0.722. The molecular weight excluding hydrogens is 308 g/mol. The van der Waals surface area contributed by atoms with Gasteiger partial charge in [0, 0.05) is 18.1 Å². The Balaban J connectivity index is 1.69. The van der Waals surface area contributed by atoms with Crippen LogP contribution in [0.25, 0.3) is 0 Å². The first kappa shape index (κ1) is 15.5. The van der Waals surface area contributed by atoms with E-state index in [1.54, 1.807) is 35.6 Å². The second kappa shape index (κ2) is 7.81. The third kappa shape index (κ3) is 5.21. The second-order valence-electron chi connectivity index (χ2n) is 4.45. The Bertz CT molecular complexity index is 597. The molecule has 1 aromatic carbocycles. The van der Waals surface area contributed by atoms with Crippen LogP contribution in [0, 0.1) is 0 Å². The zero-order chi connectivity index (χ0) is 15.1. The molecule has 0 aliphatic rings. The van der Waals surface area contributed by atoms with E-state index in [4.69, 9.17) is 11.6 Å². The van der Waals surface area contributed by atoms with Crippen LogP contribution < -0.4 is 10.6 Å². The molecule has 0 aliphatic carbocycles. The van der Waals surface area contributed by atoms with Gasteiger partial charge in [-0.15, -0.1) is 0 Å². The van der Waals surface area contributed by atoms with Crippen molar-refractivity contribution in [1.29, 1.82) is 0 Å². The normalized spacial score (nSPS) is 10.1. The van der Waals surface area contributed by atoms with Crippen molar-refractivity contribution < 1.29 is 9.59 Å². The molecule has 0 spiro atoms. The second-order valence-corrected chi connectivity index (χ2v) is 5.66. The fourth-order valence-corrected chi connectivity index (χ4v) is 2.53. The van der Waals surface area contributed by atoms with Crippen molar-refractivity contribution in [3.05, 3.63) is 57.2 Å². The van der Waals surface area contributed by atoms with Crippen LogP contribution in [0.2, 0.25) is 5.02 Å². The average Bonchev–Trinajstić information content (AvgIpc) is 2.99. The van der Waals surface area contributed by atoms with E-state index in [9.17, 15) is 9.59 Å². The van der Waals surface area contributed by atoms with Gasteiger partial charge in [0.15, 0.2) is 0 Å². The first-order valence-corrected chi connectivity index (χ1v) is 7.79. The molecule has 0 saturated carbocycles. The zero-order valence-corrected chi connectivity index (χ0v) is 12.8. The largest absolute Gasteiger partial charge is 0.348 e. The van der Waals surface area contributed by atoms with E-state index in [1.165, 1.54) is 0 Å². The standard InChI is InChI=1S/C15H15ClN2O2S/c16-13-3-1-11(2-4-13)9-18-15(20)14(19)17-7-5-12-6-8-21-10-12/h1-4,6,8,10H,5,7,9H2,(H,17,19)(H,18,20). The minimum atomic E-state index is -0.629. The maximum absolute atomic E-state index is 11.6. The van der Waals surface area contributed by atoms with Gasteiger partial charge in [-0.25, -0.2) is 0 Å². The number of thiophene rings is 1. The lowest BCUT2D eigenvalue weighted by Crippen LogP contribution is -2.40. The monoisotopic (exact) mass is 322 g/mol. The van der Waals surface area contributed by atoms with E-state index in [1.807, 2.05) is 16.8 Å². The number of carbonyl (C=O) groups is 2. The summed E-state index contributed by atoms with van der Waals surface area (Å²) in [5, 5.41) is 9.81. The van der Waals surface area contributed by atoms with E-state index in [0.717, 1.165) is 17.5 Å². The molecule has 0 radical (unpaired) electrons. The van der Waals surface area contributed by atoms with Crippen LogP contribution in [0.15, 0.2) is 41.1 Å². The van der Waals surface area contributed by atoms with Crippen molar-refractivity contribution in [2.45, 2.75) is 13.0 Å². The summed E-state index contributed by atoms with van der Waals surface area (Å²) < 4.78 is 0. The van der Waals surface area contributed by atoms with Gasteiger partial charge < -0.3 is 10.6 Å². The van der Waals surface area contributed by atoms with Crippen molar-refractivity contribution in [2.75, 3.05) is 6.54 Å². The lowest BCUT2D eigenvalue weighted by Gasteiger charge is -2.06. The van der Waals surface area contributed by atoms with Crippen molar-refractivity contribution in [3.8, 4) is 0 Å². The van der Waals surface area contributed by atoms with Gasteiger partial charge in [0.25, 0.3) is 0 Å². The van der Waals surface area contributed by atoms with Gasteiger partial charge >= 0.3 is 11.8 Å². The quantitative estimate of drug-likeness (QED) is 0.830. The molecule has 0 bridgehead atoms. The third-order valence-corrected chi connectivity index (χ3v) is 3.84. The smallest absolute Gasteiger partial charge is 0.309 e. The Labute approximate surface area is 132 Å². The summed E-state index contributed by atoms with van der Waals surface area (Å²) >= 11 is 7.38. The van der Waals surface area contributed by atoms with Gasteiger partial charge in [0.2, 0.25) is 0 Å². The maximum Gasteiger partial charge on any atom is 0.309 e. The number of benzene rings is 1. The van der Waals surface area contributed by atoms with Crippen LogP contribution in [-0.2, 0) is 22.6 Å². The number of rotatable bonds is 5. The average molecular weight is 323 g/mol. The van der Waals surface area contributed by atoms with Crippen LogP contribution in [0.4, 0.5) is 0 Å². The molecule has 2 rings (SSSR count). The number of amides is 2. The van der Waals surface area contributed by atoms with Gasteiger partial charge in [-0.05, 0) is 46.5 Å². The van der Waals surface area contributed by atoms with Gasteiger partial charge in [-0.2, -0.15) is 11.3 Å². The lowest BCUT2D eigenvalue weighted by atomic mass is 10.2. The van der Waals surface area contributed by atoms with E-state index in [0.29, 0.717) is 18.1 Å². The molecule has 2 amide bonds. The molecule has 1 heterocycles. The fourth-order valence-electron chi connectivity index (χ4n) is 1.70. The van der Waals surface area contributed by atoms with Gasteiger partial charge in [0.1, 0.15) is 0 Å². The third-order valence-electron chi connectivity index (χ3n) is 2.85. The number of nitrogens with one attached hydrogen (secondary N) is 2. The number of hydrogen-bond acceptors (Lipinski definition) is 3. The molecule has 0 saturated heterocycles. The molecule has 0 unspecified atom stereocenters. The Morgan fingerprint density at radius 1 is 1.00 bits per heavy atom. The Hall–Kier alpha value is -1.85. The van der Waals surface area contributed by atoms with Crippen LogP contribution in [-0.4, -0.2) is 18.4 Å². The van der Waals surface area contributed by atoms with E-state index >= 15 is 0 Å². The topological polar surface area (TPSA) is 58.2 Å². The lowest BCUT2D eigenvalue weighted by molar-refractivity contribution is -0.139. The molecule has 4 nitrogen and oxygen atoms in total. The number of halogens is 1. The molecule has 0 atom stereocenters. The van der Waals surface area contributed by atoms with Crippen LogP contribution in [0.3, 0.4) is 0 Å². The van der Waals surface area contributed by atoms with Crippen molar-refractivity contribution in [3.63, 3.8) is 0 Å². The summed E-state index contributed by atoms with van der Waals surface area (Å²) in [6.45, 7) is 0.748. The van der Waals surface area contributed by atoms with E-state index in [2.05, 4.69) is 10.6 Å². The minimum absolute atomic E-state index is 0.300. The highest BCUT2D eigenvalue weighted by atomic mass is 35.5. The first-order valence-electron chi connectivity index (χ1n) is 6.46. The highest BCUT2D eigenvalue weighted by Gasteiger charge is 2.12. The highest BCUT2D eigenvalue weighted by Crippen LogP contribution is 2.09. The molecule has 0 aliphatic heterocycles. The highest BCUT2D eigenvalue weighted by molar-refractivity contribution is 7.07. The summed E-state index contributed by atoms with van der Waals surface area (Å²) in [4.78, 5) is 23.2. The summed E-state index contributed by atoms with van der Waals surface area (Å²) in [5.41, 5.74) is 2.04. The van der Waals surface area contributed by atoms with Crippen molar-refractivity contribution in [1.82, 2.24) is 10.6 Å². The van der Waals surface area contributed by atoms with Crippen molar-refractivity contribution in [2.24, 2.45) is 0 Å². The molecule has 0 fully saturated rings. The first-order chi connectivity index (χ1) is 10.1. The molecule has 2 aromatic rings. The number of hydrogen-bond donors (Lipinski definition) is 2. The molecular formula is C15H15ClN2O2S. The van der Waals surface area contributed by atoms with Crippen LogP contribution in [0.1, 0.15) is 11.1 Å². The molecule has 6 heteroatoms. The Morgan fingerprint density at radius 2 is 1.71 bits per heavy atom. The van der Waals surface area contributed by atoms with Gasteiger partial charge in [0.05, 0.1) is 0 Å². The maximum atomic E-state index is 11.6. The number of carbonyl (C=O) groups excluding carboxylic acids is 2. The summed E-state index contributed by atoms with van der Waals surface area (Å²) in [7, 11) is 0. The van der Waals surface area contributed by atoms with Crippen molar-refractivity contribution >= 4 is 34.8 Å². The van der Waals surface area contributed by atoms with Crippen LogP contribution >= 0.6 is 22.9 Å². The Morgan fingerprint density at radius 3 is 2.38 bits per heavy atom. The summed E-state index contributed by atoms with van der Waals surface area (Å²) in [5.74, 6) is -1.24. The van der Waals surface area contributed by atoms with Gasteiger partial charge in [-0.1, -0.05) is 23.7 Å². The Kier molecular flexibility index (Phi) is 5.78. The fraction of sp³-hybridized carbons (Fsp3) is 0.200. The van der Waals surface area contributed by atoms with Gasteiger partial charge in [-0.3, -0.25) is 9.59 Å². The zero-order valence-electron chi connectivity index (χ0n) is 11.3. The van der Waals surface area contributed by atoms with E-state index in [-0.39, 0.29) is 0 Å². The van der Waals surface area contributed by atoms with Crippen LogP contribution in [0.5, 0.6) is 0 Å². The molecule has 110 valence electrons. The predicted octanol–water partition coefficient (Wildman–Crippen LogP) is 2.38. The molecule has 1 aromatic heterocycles. The minimum Gasteiger partial charge on any atom is -0.348 e. The molecule has 2 N–H and O–H groups in total. The molecule has 21 heavy (non-hydrogen) atoms. The summed E-state index contributed by atoms with van der Waals surface area (Å²) in [6, 6.07) is 9.08. The predicted molar refractivity (Wildman–Crippen MR) is 84.3 cm³/mol. The SMILES string of the molecule is O=C(NCCc1ccsc1)C(=O)NCc1ccc(Cl)cc1. The van der Waals surface area contributed by atoms with E-state index < -0.39 is 11.8 Å².